The third-order valence-electron chi connectivity index (χ3n) is 5.09. The van der Waals surface area contributed by atoms with Gasteiger partial charge < -0.3 is 14.4 Å². The Labute approximate surface area is 174 Å². The van der Waals surface area contributed by atoms with Crippen molar-refractivity contribution in [1.29, 1.82) is 0 Å². The van der Waals surface area contributed by atoms with E-state index in [-0.39, 0.29) is 4.90 Å². The maximum absolute atomic E-state index is 13.3. The number of anilines is 1. The van der Waals surface area contributed by atoms with Crippen LogP contribution in [0.3, 0.4) is 0 Å². The average Bonchev–Trinajstić information content (AvgIpc) is 2.75. The number of aryl methyl sites for hydroxylation is 1. The van der Waals surface area contributed by atoms with Crippen molar-refractivity contribution in [2.24, 2.45) is 0 Å². The Morgan fingerprint density at radius 3 is 2.10 bits per heavy atom. The summed E-state index contributed by atoms with van der Waals surface area (Å²) in [5.41, 5.74) is 2.43. The van der Waals surface area contributed by atoms with Crippen LogP contribution in [0.15, 0.2) is 47.4 Å². The highest BCUT2D eigenvalue weighted by molar-refractivity contribution is 7.89. The number of piperazine rings is 1. The fourth-order valence-electron chi connectivity index (χ4n) is 3.49. The molecule has 2 aromatic rings. The van der Waals surface area contributed by atoms with Crippen LogP contribution in [0.1, 0.15) is 26.3 Å². The van der Waals surface area contributed by atoms with Crippen LogP contribution in [-0.4, -0.2) is 52.1 Å². The number of ether oxygens (including phenoxy) is 2. The first-order chi connectivity index (χ1) is 14.0. The molecule has 3 rings (SSSR count). The zero-order valence-corrected chi connectivity index (χ0v) is 18.2. The van der Waals surface area contributed by atoms with Crippen LogP contribution in [0.5, 0.6) is 11.5 Å². The van der Waals surface area contributed by atoms with E-state index < -0.39 is 10.0 Å². The van der Waals surface area contributed by atoms with E-state index in [1.165, 1.54) is 9.87 Å². The summed E-state index contributed by atoms with van der Waals surface area (Å²) in [5.74, 6) is 0.901. The lowest BCUT2D eigenvalue weighted by Crippen LogP contribution is -2.48. The molecule has 1 heterocycles. The first-order valence-electron chi connectivity index (χ1n) is 10.2. The van der Waals surface area contributed by atoms with Crippen molar-refractivity contribution < 1.29 is 17.9 Å². The second-order valence-electron chi connectivity index (χ2n) is 6.89. The molecule has 7 heteroatoms. The van der Waals surface area contributed by atoms with Gasteiger partial charge in [-0.3, -0.25) is 0 Å². The van der Waals surface area contributed by atoms with Crippen molar-refractivity contribution in [3.05, 3.63) is 48.0 Å². The normalized spacial score (nSPS) is 15.3. The quantitative estimate of drug-likeness (QED) is 0.656. The van der Waals surface area contributed by atoms with E-state index in [0.29, 0.717) is 50.9 Å². The minimum Gasteiger partial charge on any atom is -0.494 e. The standard InChI is InChI=1S/C22H30N2O4S/c1-4-18-7-9-19(10-8-18)23-13-15-24(16-14-23)29(25,26)22-17-20(27-5-2)11-12-21(22)28-6-3/h7-12,17H,4-6,13-16H2,1-3H3. The van der Waals surface area contributed by atoms with Crippen LogP contribution >= 0.6 is 0 Å². The molecule has 1 fully saturated rings. The highest BCUT2D eigenvalue weighted by Crippen LogP contribution is 2.32. The van der Waals surface area contributed by atoms with Gasteiger partial charge in [-0.15, -0.1) is 0 Å². The molecule has 0 bridgehead atoms. The summed E-state index contributed by atoms with van der Waals surface area (Å²) in [4.78, 5) is 2.40. The molecule has 0 spiro atoms. The minimum atomic E-state index is -3.67. The van der Waals surface area contributed by atoms with Gasteiger partial charge in [0.2, 0.25) is 10.0 Å². The number of sulfonamides is 1. The van der Waals surface area contributed by atoms with Gasteiger partial charge in [0.1, 0.15) is 16.4 Å². The number of hydrogen-bond donors (Lipinski definition) is 0. The average molecular weight is 419 g/mol. The van der Waals surface area contributed by atoms with E-state index in [1.54, 1.807) is 18.2 Å². The molecule has 2 aromatic carbocycles. The summed E-state index contributed by atoms with van der Waals surface area (Å²) in [5, 5.41) is 0. The van der Waals surface area contributed by atoms with E-state index in [9.17, 15) is 8.42 Å². The first kappa shape index (κ1) is 21.5. The van der Waals surface area contributed by atoms with Gasteiger partial charge in [0.15, 0.2) is 0 Å². The van der Waals surface area contributed by atoms with Gasteiger partial charge in [-0.1, -0.05) is 19.1 Å². The number of nitrogens with zero attached hydrogens (tertiary/aromatic N) is 2. The van der Waals surface area contributed by atoms with E-state index in [0.717, 1.165) is 12.1 Å². The predicted octanol–water partition coefficient (Wildman–Crippen LogP) is 3.56. The van der Waals surface area contributed by atoms with Crippen molar-refractivity contribution in [2.45, 2.75) is 32.1 Å². The van der Waals surface area contributed by atoms with Crippen LogP contribution in [0.4, 0.5) is 5.69 Å². The molecule has 29 heavy (non-hydrogen) atoms. The molecule has 1 aliphatic heterocycles. The first-order valence-corrected chi connectivity index (χ1v) is 11.7. The molecule has 0 radical (unpaired) electrons. The lowest BCUT2D eigenvalue weighted by atomic mass is 10.1. The van der Waals surface area contributed by atoms with Crippen LogP contribution in [-0.2, 0) is 16.4 Å². The number of benzene rings is 2. The van der Waals surface area contributed by atoms with E-state index in [4.69, 9.17) is 9.47 Å². The maximum Gasteiger partial charge on any atom is 0.247 e. The van der Waals surface area contributed by atoms with Crippen molar-refractivity contribution in [3.8, 4) is 11.5 Å². The molecule has 1 aliphatic rings. The van der Waals surface area contributed by atoms with Gasteiger partial charge in [-0.25, -0.2) is 8.42 Å². The van der Waals surface area contributed by atoms with Crippen molar-refractivity contribution in [1.82, 2.24) is 4.31 Å². The third-order valence-corrected chi connectivity index (χ3v) is 7.01. The van der Waals surface area contributed by atoms with E-state index >= 15 is 0 Å². The molecule has 6 nitrogen and oxygen atoms in total. The van der Waals surface area contributed by atoms with Crippen LogP contribution in [0.2, 0.25) is 0 Å². The smallest absolute Gasteiger partial charge is 0.247 e. The summed E-state index contributed by atoms with van der Waals surface area (Å²) >= 11 is 0. The fraction of sp³-hybridized carbons (Fsp3) is 0.455. The van der Waals surface area contributed by atoms with E-state index in [2.05, 4.69) is 36.1 Å². The highest BCUT2D eigenvalue weighted by atomic mass is 32.2. The van der Waals surface area contributed by atoms with Crippen molar-refractivity contribution >= 4 is 15.7 Å². The minimum absolute atomic E-state index is 0.172. The molecule has 158 valence electrons. The second-order valence-corrected chi connectivity index (χ2v) is 8.79. The Morgan fingerprint density at radius 2 is 1.52 bits per heavy atom. The Hall–Kier alpha value is -2.25. The summed E-state index contributed by atoms with van der Waals surface area (Å²) in [6, 6.07) is 13.5. The summed E-state index contributed by atoms with van der Waals surface area (Å²) < 4.78 is 39.3. The topological polar surface area (TPSA) is 59.1 Å². The molecule has 0 saturated carbocycles. The SMILES string of the molecule is CCOc1ccc(OCC)c(S(=O)(=O)N2CCN(c3ccc(CC)cc3)CC2)c1. The maximum atomic E-state index is 13.3. The Morgan fingerprint density at radius 1 is 0.862 bits per heavy atom. The van der Waals surface area contributed by atoms with Gasteiger partial charge >= 0.3 is 0 Å². The molecule has 0 aromatic heterocycles. The van der Waals surface area contributed by atoms with Crippen molar-refractivity contribution in [2.75, 3.05) is 44.3 Å². The molecule has 0 atom stereocenters. The lowest BCUT2D eigenvalue weighted by Gasteiger charge is -2.35. The molecule has 0 amide bonds. The second kappa shape index (κ2) is 9.50. The zero-order valence-electron chi connectivity index (χ0n) is 17.4. The Bertz CT molecular complexity index is 905. The van der Waals surface area contributed by atoms with Crippen LogP contribution in [0, 0.1) is 0 Å². The predicted molar refractivity (Wildman–Crippen MR) is 116 cm³/mol. The molecule has 0 unspecified atom stereocenters. The van der Waals surface area contributed by atoms with Gasteiger partial charge in [-0.2, -0.15) is 4.31 Å². The van der Waals surface area contributed by atoms with Crippen molar-refractivity contribution in [3.63, 3.8) is 0 Å². The Balaban J connectivity index is 1.77. The summed E-state index contributed by atoms with van der Waals surface area (Å²) in [6.07, 6.45) is 1.01. The van der Waals surface area contributed by atoms with Crippen LogP contribution < -0.4 is 14.4 Å². The number of rotatable bonds is 8. The van der Waals surface area contributed by atoms with Crippen LogP contribution in [0.25, 0.3) is 0 Å². The highest BCUT2D eigenvalue weighted by Gasteiger charge is 2.31. The van der Waals surface area contributed by atoms with Gasteiger partial charge in [0.05, 0.1) is 13.2 Å². The summed E-state index contributed by atoms with van der Waals surface area (Å²) in [7, 11) is -3.67. The molecular formula is C22H30N2O4S. The molecule has 0 N–H and O–H groups in total. The zero-order chi connectivity index (χ0) is 20.9. The summed E-state index contributed by atoms with van der Waals surface area (Å²) in [6.45, 7) is 8.90. The van der Waals surface area contributed by atoms with Gasteiger partial charge in [-0.05, 0) is 50.1 Å². The monoisotopic (exact) mass is 418 g/mol. The Kier molecular flexibility index (Phi) is 7.03. The van der Waals surface area contributed by atoms with E-state index in [1.807, 2.05) is 13.8 Å². The number of hydrogen-bond acceptors (Lipinski definition) is 5. The fourth-order valence-corrected chi connectivity index (χ4v) is 5.06. The lowest BCUT2D eigenvalue weighted by molar-refractivity contribution is 0.319. The molecule has 0 aliphatic carbocycles. The third kappa shape index (κ3) is 4.85. The molecular weight excluding hydrogens is 388 g/mol. The largest absolute Gasteiger partial charge is 0.494 e. The van der Waals surface area contributed by atoms with Gasteiger partial charge in [0.25, 0.3) is 0 Å². The van der Waals surface area contributed by atoms with Gasteiger partial charge in [0, 0.05) is 37.9 Å². The molecule has 1 saturated heterocycles.